The number of aliphatic hydroxyl groups is 1. The normalized spacial score (nSPS) is 16.6. The lowest BCUT2D eigenvalue weighted by Gasteiger charge is -2.36. The molecule has 3 rings (SSSR count). The third-order valence-electron chi connectivity index (χ3n) is 4.17. The zero-order valence-electron chi connectivity index (χ0n) is 13.6. The molecule has 0 radical (unpaired) electrons. The van der Waals surface area contributed by atoms with Crippen LogP contribution in [0.15, 0.2) is 24.4 Å². The highest BCUT2D eigenvalue weighted by Gasteiger charge is 2.21. The highest BCUT2D eigenvalue weighted by Crippen LogP contribution is 2.16. The first-order valence-corrected chi connectivity index (χ1v) is 7.76. The topological polar surface area (TPSA) is 44.5 Å². The highest BCUT2D eigenvalue weighted by atomic mass is 35.5. The number of rotatable bonds is 4. The van der Waals surface area contributed by atoms with Gasteiger partial charge in [0.15, 0.2) is 0 Å². The van der Waals surface area contributed by atoms with Crippen molar-refractivity contribution in [3.05, 3.63) is 30.2 Å². The SMILES string of the molecule is CC(C)(O)CCN1CCN(n2ncc3ccc(F)cc32)CC1.Cl. The molecular weight excluding hydrogens is 319 g/mol. The Kier molecular flexibility index (Phi) is 5.49. The minimum atomic E-state index is -0.618. The maximum atomic E-state index is 13.4. The summed E-state index contributed by atoms with van der Waals surface area (Å²) in [6, 6.07) is 4.75. The predicted octanol–water partition coefficient (Wildman–Crippen LogP) is 2.01. The lowest BCUT2D eigenvalue weighted by Crippen LogP contribution is -2.52. The first-order valence-electron chi connectivity index (χ1n) is 7.76. The minimum Gasteiger partial charge on any atom is -0.390 e. The molecule has 128 valence electrons. The molecular formula is C16H24ClFN4O. The number of nitrogens with zero attached hydrogens (tertiary/aromatic N) is 4. The molecule has 0 bridgehead atoms. The summed E-state index contributed by atoms with van der Waals surface area (Å²) in [5, 5.41) is 17.3. The summed E-state index contributed by atoms with van der Waals surface area (Å²) in [4.78, 5) is 4.16. The Bertz CT molecular complexity index is 647. The van der Waals surface area contributed by atoms with Crippen LogP contribution in [0.4, 0.5) is 4.39 Å². The molecule has 0 spiro atoms. The molecule has 1 aromatic heterocycles. The van der Waals surface area contributed by atoms with Crippen LogP contribution in [0.3, 0.4) is 0 Å². The first kappa shape index (κ1) is 18.0. The van der Waals surface area contributed by atoms with Gasteiger partial charge in [-0.25, -0.2) is 4.39 Å². The lowest BCUT2D eigenvalue weighted by molar-refractivity contribution is 0.0561. The summed E-state index contributed by atoms with van der Waals surface area (Å²) in [5.41, 5.74) is 0.192. The summed E-state index contributed by atoms with van der Waals surface area (Å²) >= 11 is 0. The van der Waals surface area contributed by atoms with E-state index in [1.807, 2.05) is 18.6 Å². The molecule has 2 heterocycles. The molecule has 0 atom stereocenters. The monoisotopic (exact) mass is 342 g/mol. The smallest absolute Gasteiger partial charge is 0.125 e. The predicted molar refractivity (Wildman–Crippen MR) is 92.2 cm³/mol. The maximum absolute atomic E-state index is 13.4. The fraction of sp³-hybridized carbons (Fsp3) is 0.562. The van der Waals surface area contributed by atoms with Crippen LogP contribution in [-0.4, -0.2) is 58.2 Å². The molecule has 1 aliphatic rings. The molecule has 23 heavy (non-hydrogen) atoms. The fourth-order valence-electron chi connectivity index (χ4n) is 2.79. The van der Waals surface area contributed by atoms with Gasteiger partial charge < -0.3 is 5.11 Å². The summed E-state index contributed by atoms with van der Waals surface area (Å²) in [7, 11) is 0. The number of hydrogen-bond donors (Lipinski definition) is 1. The average Bonchev–Trinajstić information content (AvgIpc) is 2.88. The van der Waals surface area contributed by atoms with E-state index in [0.29, 0.717) is 0 Å². The summed E-state index contributed by atoms with van der Waals surface area (Å²) in [6.07, 6.45) is 2.54. The van der Waals surface area contributed by atoms with Crippen molar-refractivity contribution in [2.75, 3.05) is 37.7 Å². The fourth-order valence-corrected chi connectivity index (χ4v) is 2.79. The van der Waals surface area contributed by atoms with Crippen LogP contribution in [-0.2, 0) is 0 Å². The van der Waals surface area contributed by atoms with Crippen molar-refractivity contribution in [1.29, 1.82) is 0 Å². The lowest BCUT2D eigenvalue weighted by atomic mass is 10.1. The second kappa shape index (κ2) is 7.03. The number of benzene rings is 1. The molecule has 0 unspecified atom stereocenters. The second-order valence-electron chi connectivity index (χ2n) is 6.59. The Morgan fingerprint density at radius 3 is 2.57 bits per heavy atom. The van der Waals surface area contributed by atoms with Gasteiger partial charge in [-0.3, -0.25) is 9.91 Å². The van der Waals surface area contributed by atoms with E-state index in [2.05, 4.69) is 15.0 Å². The average molecular weight is 343 g/mol. The van der Waals surface area contributed by atoms with Gasteiger partial charge in [0.05, 0.1) is 17.3 Å². The van der Waals surface area contributed by atoms with E-state index in [1.54, 1.807) is 12.3 Å². The third kappa shape index (κ3) is 4.34. The highest BCUT2D eigenvalue weighted by molar-refractivity contribution is 5.85. The van der Waals surface area contributed by atoms with Gasteiger partial charge in [0, 0.05) is 44.2 Å². The molecule has 1 aliphatic heterocycles. The van der Waals surface area contributed by atoms with Crippen molar-refractivity contribution in [3.63, 3.8) is 0 Å². The van der Waals surface area contributed by atoms with Crippen LogP contribution in [0, 0.1) is 5.82 Å². The number of fused-ring (bicyclic) bond motifs is 1. The largest absolute Gasteiger partial charge is 0.390 e. The van der Waals surface area contributed by atoms with Gasteiger partial charge in [0.25, 0.3) is 0 Å². The number of halogens is 2. The van der Waals surface area contributed by atoms with Crippen LogP contribution in [0.25, 0.3) is 10.9 Å². The van der Waals surface area contributed by atoms with Gasteiger partial charge in [-0.1, -0.05) is 0 Å². The van der Waals surface area contributed by atoms with Gasteiger partial charge in [0.2, 0.25) is 0 Å². The number of piperazine rings is 1. The van der Waals surface area contributed by atoms with Gasteiger partial charge in [-0.15, -0.1) is 12.4 Å². The van der Waals surface area contributed by atoms with Crippen molar-refractivity contribution in [2.24, 2.45) is 0 Å². The molecule has 0 aliphatic carbocycles. The minimum absolute atomic E-state index is 0. The van der Waals surface area contributed by atoms with Crippen molar-refractivity contribution in [3.8, 4) is 0 Å². The van der Waals surface area contributed by atoms with Crippen LogP contribution >= 0.6 is 12.4 Å². The molecule has 7 heteroatoms. The summed E-state index contributed by atoms with van der Waals surface area (Å²) in [5.74, 6) is -0.238. The summed E-state index contributed by atoms with van der Waals surface area (Å²) < 4.78 is 13.4. The molecule has 1 N–H and O–H groups in total. The molecule has 5 nitrogen and oxygen atoms in total. The Hall–Kier alpha value is -1.37. The third-order valence-corrected chi connectivity index (χ3v) is 4.17. The van der Waals surface area contributed by atoms with E-state index in [9.17, 15) is 9.50 Å². The zero-order valence-corrected chi connectivity index (χ0v) is 14.4. The van der Waals surface area contributed by atoms with Crippen LogP contribution < -0.4 is 5.01 Å². The van der Waals surface area contributed by atoms with Gasteiger partial charge in [-0.2, -0.15) is 9.89 Å². The van der Waals surface area contributed by atoms with Crippen LogP contribution in [0.5, 0.6) is 0 Å². The van der Waals surface area contributed by atoms with Crippen molar-refractivity contribution < 1.29 is 9.50 Å². The Morgan fingerprint density at radius 2 is 1.91 bits per heavy atom. The van der Waals surface area contributed by atoms with E-state index in [0.717, 1.165) is 50.0 Å². The first-order chi connectivity index (χ1) is 10.4. The van der Waals surface area contributed by atoms with Gasteiger partial charge in [-0.05, 0) is 32.4 Å². The maximum Gasteiger partial charge on any atom is 0.125 e. The molecule has 0 amide bonds. The van der Waals surface area contributed by atoms with E-state index in [4.69, 9.17) is 0 Å². The van der Waals surface area contributed by atoms with E-state index in [1.165, 1.54) is 12.1 Å². The van der Waals surface area contributed by atoms with E-state index in [-0.39, 0.29) is 18.2 Å². The summed E-state index contributed by atoms with van der Waals surface area (Å²) in [6.45, 7) is 8.12. The molecule has 1 fully saturated rings. The standard InChI is InChI=1S/C16H23FN4O.ClH/c1-16(2,22)5-6-19-7-9-20(10-8-19)21-15-11-14(17)4-3-13(15)12-18-21;/h3-4,11-12,22H,5-10H2,1-2H3;1H. The molecule has 1 saturated heterocycles. The van der Waals surface area contributed by atoms with Crippen LogP contribution in [0.1, 0.15) is 20.3 Å². The van der Waals surface area contributed by atoms with Crippen molar-refractivity contribution >= 4 is 23.3 Å². The van der Waals surface area contributed by atoms with Crippen molar-refractivity contribution in [2.45, 2.75) is 25.9 Å². The number of aromatic nitrogens is 2. The van der Waals surface area contributed by atoms with E-state index >= 15 is 0 Å². The van der Waals surface area contributed by atoms with Gasteiger partial charge >= 0.3 is 0 Å². The molecule has 2 aromatic rings. The second-order valence-corrected chi connectivity index (χ2v) is 6.59. The van der Waals surface area contributed by atoms with Crippen molar-refractivity contribution in [1.82, 2.24) is 14.8 Å². The quantitative estimate of drug-likeness (QED) is 0.923. The Morgan fingerprint density at radius 1 is 1.22 bits per heavy atom. The Labute approximate surface area is 142 Å². The number of hydrogen-bond acceptors (Lipinski definition) is 4. The molecule has 1 aromatic carbocycles. The zero-order chi connectivity index (χ0) is 15.7. The van der Waals surface area contributed by atoms with Gasteiger partial charge in [0.1, 0.15) is 5.82 Å². The van der Waals surface area contributed by atoms with E-state index < -0.39 is 5.60 Å². The Balaban J connectivity index is 0.00000192. The van der Waals surface area contributed by atoms with Crippen LogP contribution in [0.2, 0.25) is 0 Å². The molecule has 0 saturated carbocycles.